The summed E-state index contributed by atoms with van der Waals surface area (Å²) in [6.07, 6.45) is 1.12. The fourth-order valence-electron chi connectivity index (χ4n) is 3.43. The molecule has 1 aliphatic heterocycles. The van der Waals surface area contributed by atoms with Gasteiger partial charge in [-0.1, -0.05) is 30.3 Å². The Labute approximate surface area is 180 Å². The number of carbonyl (C=O) groups excluding carboxylic acids is 1. The van der Waals surface area contributed by atoms with Crippen molar-refractivity contribution >= 4 is 29.1 Å². The van der Waals surface area contributed by atoms with Gasteiger partial charge in [-0.2, -0.15) is 8.78 Å². The lowest BCUT2D eigenvalue weighted by atomic mass is 10.1. The fraction of sp³-hybridized carbons (Fsp3) is 0.136. The number of aromatic nitrogens is 1. The molecule has 0 unspecified atom stereocenters. The quantitative estimate of drug-likeness (QED) is 0.357. The van der Waals surface area contributed by atoms with Crippen LogP contribution in [0.4, 0.5) is 26.0 Å². The minimum atomic E-state index is -3.48. The maximum absolute atomic E-state index is 14.0. The van der Waals surface area contributed by atoms with Crippen LogP contribution < -0.4 is 16.0 Å². The molecule has 2 heterocycles. The van der Waals surface area contributed by atoms with E-state index in [1.165, 1.54) is 18.2 Å². The number of pyridine rings is 1. The summed E-state index contributed by atoms with van der Waals surface area (Å²) in [6.45, 7) is -0.297. The average Bonchev–Trinajstić information content (AvgIpc) is 3.00. The molecule has 0 saturated heterocycles. The smallest absolute Gasteiger partial charge is 0.353 e. The first kappa shape index (κ1) is 21.2. The lowest BCUT2D eigenvalue weighted by Crippen LogP contribution is -2.29. The minimum Gasteiger partial charge on any atom is -0.478 e. The molecule has 10 heteroatoms. The number of nitrogens with zero attached hydrogens (tertiary/aromatic N) is 1. The Morgan fingerprint density at radius 3 is 2.59 bits per heavy atom. The number of halogens is 2. The Morgan fingerprint density at radius 1 is 1.16 bits per heavy atom. The van der Waals surface area contributed by atoms with Crippen molar-refractivity contribution in [3.05, 3.63) is 83.0 Å². The second kappa shape index (κ2) is 8.23. The van der Waals surface area contributed by atoms with Crippen LogP contribution in [0.25, 0.3) is 0 Å². The summed E-state index contributed by atoms with van der Waals surface area (Å²) in [4.78, 5) is 27.3. The number of carboxylic acid groups (broad SMARTS) is 1. The van der Waals surface area contributed by atoms with Gasteiger partial charge in [0.05, 0.1) is 29.5 Å². The van der Waals surface area contributed by atoms with E-state index in [0.29, 0.717) is 0 Å². The molecule has 0 radical (unpaired) electrons. The molecule has 1 aliphatic rings. The molecule has 0 fully saturated rings. The van der Waals surface area contributed by atoms with E-state index in [1.54, 1.807) is 29.6 Å². The Morgan fingerprint density at radius 2 is 1.91 bits per heavy atom. The summed E-state index contributed by atoms with van der Waals surface area (Å²) >= 11 is 0. The molecule has 2 aromatic carbocycles. The number of aliphatic hydroxyl groups is 1. The molecule has 1 atom stereocenters. The van der Waals surface area contributed by atoms with E-state index in [9.17, 15) is 28.6 Å². The SMILES string of the molecule is O=C(O)c1cnc(Nc2ccc3c(c2)C(F)(F)NC3=O)cc1N[C@H](CO)c1ccccc1. The van der Waals surface area contributed by atoms with E-state index in [1.807, 2.05) is 6.07 Å². The van der Waals surface area contributed by atoms with Crippen LogP contribution in [0.5, 0.6) is 0 Å². The lowest BCUT2D eigenvalue weighted by Gasteiger charge is -2.20. The molecule has 0 bridgehead atoms. The van der Waals surface area contributed by atoms with Gasteiger partial charge in [0.1, 0.15) is 11.4 Å². The molecule has 4 rings (SSSR count). The van der Waals surface area contributed by atoms with Gasteiger partial charge >= 0.3 is 12.0 Å². The Bertz CT molecular complexity index is 1190. The van der Waals surface area contributed by atoms with Gasteiger partial charge in [-0.3, -0.25) is 10.1 Å². The van der Waals surface area contributed by atoms with Gasteiger partial charge in [0.25, 0.3) is 5.91 Å². The summed E-state index contributed by atoms with van der Waals surface area (Å²) < 4.78 is 28.0. The summed E-state index contributed by atoms with van der Waals surface area (Å²) in [7, 11) is 0. The molecule has 8 nitrogen and oxygen atoms in total. The first-order valence-corrected chi connectivity index (χ1v) is 9.56. The van der Waals surface area contributed by atoms with E-state index >= 15 is 0 Å². The van der Waals surface area contributed by atoms with Crippen LogP contribution in [-0.4, -0.2) is 33.7 Å². The molecule has 32 heavy (non-hydrogen) atoms. The normalized spacial score (nSPS) is 14.9. The molecule has 1 aromatic heterocycles. The van der Waals surface area contributed by atoms with Crippen LogP contribution in [0.1, 0.15) is 37.9 Å². The molecule has 5 N–H and O–H groups in total. The molecular formula is C22H18F2N4O4. The van der Waals surface area contributed by atoms with Crippen molar-refractivity contribution in [3.63, 3.8) is 0 Å². The van der Waals surface area contributed by atoms with Crippen LogP contribution >= 0.6 is 0 Å². The summed E-state index contributed by atoms with van der Waals surface area (Å²) in [5.41, 5.74) is 0.462. The Kier molecular flexibility index (Phi) is 5.45. The van der Waals surface area contributed by atoms with Gasteiger partial charge in [0.15, 0.2) is 0 Å². The molecule has 0 saturated carbocycles. The molecule has 164 valence electrons. The van der Waals surface area contributed by atoms with Crippen molar-refractivity contribution in [1.29, 1.82) is 0 Å². The molecule has 3 aromatic rings. The summed E-state index contributed by atoms with van der Waals surface area (Å²) in [6, 6.07) is 10.2. The van der Waals surface area contributed by atoms with Crippen molar-refractivity contribution < 1.29 is 28.6 Å². The van der Waals surface area contributed by atoms with Gasteiger partial charge in [-0.15, -0.1) is 0 Å². The van der Waals surface area contributed by atoms with Gasteiger partial charge in [0.2, 0.25) is 0 Å². The second-order valence-electron chi connectivity index (χ2n) is 7.12. The van der Waals surface area contributed by atoms with Crippen molar-refractivity contribution in [1.82, 2.24) is 10.3 Å². The van der Waals surface area contributed by atoms with E-state index in [-0.39, 0.29) is 34.9 Å². The predicted octanol–water partition coefficient (Wildman–Crippen LogP) is 3.46. The Hall–Kier alpha value is -4.05. The van der Waals surface area contributed by atoms with Crippen LogP contribution in [0.3, 0.4) is 0 Å². The number of benzene rings is 2. The zero-order valence-corrected chi connectivity index (χ0v) is 16.5. The van der Waals surface area contributed by atoms with E-state index in [4.69, 9.17) is 0 Å². The third kappa shape index (κ3) is 4.08. The zero-order valence-electron chi connectivity index (χ0n) is 16.5. The second-order valence-corrected chi connectivity index (χ2v) is 7.12. The number of hydrogen-bond donors (Lipinski definition) is 5. The number of aromatic carboxylic acids is 1. The number of amides is 1. The maximum Gasteiger partial charge on any atom is 0.353 e. The minimum absolute atomic E-state index is 0.120. The van der Waals surface area contributed by atoms with Crippen molar-refractivity contribution in [3.8, 4) is 0 Å². The zero-order chi connectivity index (χ0) is 22.9. The highest BCUT2D eigenvalue weighted by Gasteiger charge is 2.44. The van der Waals surface area contributed by atoms with E-state index in [2.05, 4.69) is 15.6 Å². The Balaban J connectivity index is 1.64. The van der Waals surface area contributed by atoms with Crippen molar-refractivity contribution in [2.45, 2.75) is 12.1 Å². The first-order valence-electron chi connectivity index (χ1n) is 9.56. The fourth-order valence-corrected chi connectivity index (χ4v) is 3.43. The van der Waals surface area contributed by atoms with E-state index in [0.717, 1.165) is 17.8 Å². The molecule has 1 amide bonds. The van der Waals surface area contributed by atoms with Crippen molar-refractivity contribution in [2.75, 3.05) is 17.2 Å². The van der Waals surface area contributed by atoms with Crippen molar-refractivity contribution in [2.24, 2.45) is 0 Å². The van der Waals surface area contributed by atoms with Gasteiger partial charge in [0, 0.05) is 18.0 Å². The number of hydrogen-bond acceptors (Lipinski definition) is 6. The standard InChI is InChI=1S/C22H18F2N4O4/c23-22(24)16-8-13(6-7-14(16)20(30)28-22)26-19-9-17(15(10-25-19)21(31)32)27-18(11-29)12-4-2-1-3-5-12/h1-10,18,29H,11H2,(H,28,30)(H,31,32)(H2,25,26,27)/t18-/m1/s1. The number of anilines is 3. The van der Waals surface area contributed by atoms with E-state index < -0.39 is 29.5 Å². The maximum atomic E-state index is 14.0. The molecule has 0 spiro atoms. The number of aliphatic hydroxyl groups excluding tert-OH is 1. The number of fused-ring (bicyclic) bond motifs is 1. The molecule has 0 aliphatic carbocycles. The largest absolute Gasteiger partial charge is 0.478 e. The van der Waals surface area contributed by atoms with Crippen LogP contribution in [0.2, 0.25) is 0 Å². The highest BCUT2D eigenvalue weighted by molar-refractivity contribution is 6.00. The van der Waals surface area contributed by atoms with Gasteiger partial charge in [-0.05, 0) is 23.8 Å². The lowest BCUT2D eigenvalue weighted by molar-refractivity contribution is -0.0241. The summed E-state index contributed by atoms with van der Waals surface area (Å²) in [5.74, 6) is -1.90. The number of alkyl halides is 2. The third-order valence-electron chi connectivity index (χ3n) is 4.99. The molecular weight excluding hydrogens is 422 g/mol. The highest BCUT2D eigenvalue weighted by Crippen LogP contribution is 2.36. The van der Waals surface area contributed by atoms with Crippen LogP contribution in [0.15, 0.2) is 60.8 Å². The number of carboxylic acids is 1. The first-order chi connectivity index (χ1) is 15.3. The van der Waals surface area contributed by atoms with Crippen LogP contribution in [0, 0.1) is 0 Å². The average molecular weight is 440 g/mol. The number of rotatable bonds is 7. The third-order valence-corrected chi connectivity index (χ3v) is 4.99. The number of nitrogens with one attached hydrogen (secondary N) is 3. The highest BCUT2D eigenvalue weighted by atomic mass is 19.3. The van der Waals surface area contributed by atoms with Gasteiger partial charge < -0.3 is 20.8 Å². The van der Waals surface area contributed by atoms with Crippen LogP contribution in [-0.2, 0) is 6.05 Å². The number of carbonyl (C=O) groups is 2. The summed E-state index contributed by atoms with van der Waals surface area (Å²) in [5, 5.41) is 26.7. The monoisotopic (exact) mass is 440 g/mol. The predicted molar refractivity (Wildman–Crippen MR) is 112 cm³/mol. The topological polar surface area (TPSA) is 124 Å². The van der Waals surface area contributed by atoms with Gasteiger partial charge in [-0.25, -0.2) is 9.78 Å².